The highest BCUT2D eigenvalue weighted by atomic mass is 15.2. The SMILES string of the molecule is CC1(C)c2ccccc2C2(c3ccccc3-c3ccc(C4C=C(c5ccc(C#N)cc5)[NH2+]C(c5ccccc5)N4)cc32)c2ccccc21. The molecule has 1 spiro atoms. The monoisotopic (exact) mass is 618 g/mol. The molecule has 9 rings (SSSR count). The second-order valence-corrected chi connectivity index (χ2v) is 13.8. The predicted octanol–water partition coefficient (Wildman–Crippen LogP) is 8.51. The molecule has 3 nitrogen and oxygen atoms in total. The van der Waals surface area contributed by atoms with Crippen molar-refractivity contribution in [3.63, 3.8) is 0 Å². The Kier molecular flexibility index (Phi) is 6.42. The number of benzene rings is 6. The van der Waals surface area contributed by atoms with Crippen molar-refractivity contribution in [2.45, 2.75) is 36.9 Å². The maximum Gasteiger partial charge on any atom is 0.171 e. The largest absolute Gasteiger partial charge is 0.295 e. The van der Waals surface area contributed by atoms with Crippen LogP contribution in [-0.4, -0.2) is 0 Å². The highest BCUT2D eigenvalue weighted by Gasteiger charge is 2.53. The molecule has 0 amide bonds. The molecule has 2 aliphatic carbocycles. The molecule has 0 saturated heterocycles. The number of nitrogens with two attached hydrogens (primary N) is 1. The Bertz CT molecular complexity index is 2240. The lowest BCUT2D eigenvalue weighted by Crippen LogP contribution is -2.87. The Morgan fingerprint density at radius 3 is 1.83 bits per heavy atom. The van der Waals surface area contributed by atoms with Crippen LogP contribution in [0.5, 0.6) is 0 Å². The van der Waals surface area contributed by atoms with E-state index in [0.717, 1.165) is 5.56 Å². The summed E-state index contributed by atoms with van der Waals surface area (Å²) in [5, 5.41) is 15.7. The zero-order valence-corrected chi connectivity index (χ0v) is 27.1. The van der Waals surface area contributed by atoms with E-state index in [2.05, 4.69) is 170 Å². The minimum absolute atomic E-state index is 0.0255. The summed E-state index contributed by atoms with van der Waals surface area (Å²) in [5.41, 5.74) is 15.7. The second-order valence-electron chi connectivity index (χ2n) is 13.8. The molecular formula is C45H36N3+. The van der Waals surface area contributed by atoms with E-state index in [1.165, 1.54) is 61.3 Å². The van der Waals surface area contributed by atoms with Gasteiger partial charge < -0.3 is 0 Å². The van der Waals surface area contributed by atoms with Crippen LogP contribution in [0.4, 0.5) is 0 Å². The number of fused-ring (bicyclic) bond motifs is 9. The van der Waals surface area contributed by atoms with E-state index in [4.69, 9.17) is 0 Å². The molecule has 2 atom stereocenters. The minimum atomic E-state index is -0.427. The third kappa shape index (κ3) is 4.07. The maximum absolute atomic E-state index is 9.44. The van der Waals surface area contributed by atoms with Crippen LogP contribution >= 0.6 is 0 Å². The summed E-state index contributed by atoms with van der Waals surface area (Å²) in [4.78, 5) is 0. The summed E-state index contributed by atoms with van der Waals surface area (Å²) in [6, 6.07) is 55.3. The Morgan fingerprint density at radius 1 is 0.583 bits per heavy atom. The molecule has 0 radical (unpaired) electrons. The van der Waals surface area contributed by atoms with Gasteiger partial charge in [0.2, 0.25) is 0 Å². The van der Waals surface area contributed by atoms with Crippen LogP contribution in [0, 0.1) is 11.3 Å². The van der Waals surface area contributed by atoms with Crippen LogP contribution in [0.2, 0.25) is 0 Å². The zero-order chi connectivity index (χ0) is 32.5. The van der Waals surface area contributed by atoms with Crippen molar-refractivity contribution >= 4 is 5.70 Å². The second kappa shape index (κ2) is 10.8. The van der Waals surface area contributed by atoms with Gasteiger partial charge in [0.15, 0.2) is 6.17 Å². The number of nitrogens with zero attached hydrogens (tertiary/aromatic N) is 1. The number of nitrogens with one attached hydrogen (secondary N) is 1. The van der Waals surface area contributed by atoms with Gasteiger partial charge in [-0.1, -0.05) is 135 Å². The summed E-state index contributed by atoms with van der Waals surface area (Å²) in [6.07, 6.45) is 2.38. The average molecular weight is 619 g/mol. The van der Waals surface area contributed by atoms with E-state index in [0.29, 0.717) is 5.56 Å². The molecule has 3 heteroatoms. The van der Waals surface area contributed by atoms with Crippen molar-refractivity contribution in [2.75, 3.05) is 0 Å². The molecular weight excluding hydrogens is 583 g/mol. The van der Waals surface area contributed by atoms with Crippen LogP contribution in [0.1, 0.15) is 81.7 Å². The molecule has 0 fully saturated rings. The smallest absolute Gasteiger partial charge is 0.171 e. The normalized spacial score (nSPS) is 19.3. The molecule has 3 aliphatic rings. The fourth-order valence-electron chi connectivity index (χ4n) is 8.75. The molecule has 0 saturated carbocycles. The minimum Gasteiger partial charge on any atom is -0.295 e. The lowest BCUT2D eigenvalue weighted by atomic mass is 9.55. The van der Waals surface area contributed by atoms with Crippen LogP contribution in [0.15, 0.2) is 152 Å². The first kappa shape index (κ1) is 28.7. The topological polar surface area (TPSA) is 52.4 Å². The Hall–Kier alpha value is -5.53. The molecule has 6 aromatic carbocycles. The Balaban J connectivity index is 1.27. The van der Waals surface area contributed by atoms with E-state index < -0.39 is 5.41 Å². The highest BCUT2D eigenvalue weighted by Crippen LogP contribution is 2.62. The first-order chi connectivity index (χ1) is 23.5. The Labute approximate surface area is 282 Å². The summed E-state index contributed by atoms with van der Waals surface area (Å²) in [5.74, 6) is 0. The van der Waals surface area contributed by atoms with Gasteiger partial charge in [0.25, 0.3) is 0 Å². The first-order valence-corrected chi connectivity index (χ1v) is 16.8. The van der Waals surface area contributed by atoms with Gasteiger partial charge in [-0.15, -0.1) is 0 Å². The van der Waals surface area contributed by atoms with E-state index >= 15 is 0 Å². The van der Waals surface area contributed by atoms with Crippen LogP contribution in [0.25, 0.3) is 16.8 Å². The van der Waals surface area contributed by atoms with Crippen LogP contribution < -0.4 is 10.6 Å². The van der Waals surface area contributed by atoms with E-state index in [-0.39, 0.29) is 17.6 Å². The van der Waals surface area contributed by atoms with Crippen molar-refractivity contribution < 1.29 is 5.32 Å². The van der Waals surface area contributed by atoms with Gasteiger partial charge in [-0.3, -0.25) is 10.6 Å². The number of quaternary nitrogens is 1. The van der Waals surface area contributed by atoms with Gasteiger partial charge in [0.1, 0.15) is 5.70 Å². The fraction of sp³-hybridized carbons (Fsp3) is 0.133. The van der Waals surface area contributed by atoms with Crippen molar-refractivity contribution in [3.8, 4) is 17.2 Å². The summed E-state index contributed by atoms with van der Waals surface area (Å²) in [6.45, 7) is 4.74. The molecule has 3 N–H and O–H groups in total. The standard InChI is InChI=1S/C45H35N3/c1-44(2)36-16-8-10-18-38(36)45(39-19-11-9-17-37(39)44)35-15-7-6-14-33(35)34-25-24-32(26-40(34)45)42-27-41(30-22-20-29(28-46)21-23-30)47-43(48-42)31-12-4-3-5-13-31/h3-27,42-43,47-48H,1-2H3/p+1. The average Bonchev–Trinajstić information content (AvgIpc) is 3.44. The lowest BCUT2D eigenvalue weighted by molar-refractivity contribution is -0.621. The number of hydrogen-bond acceptors (Lipinski definition) is 2. The molecule has 1 aliphatic heterocycles. The van der Waals surface area contributed by atoms with Crippen molar-refractivity contribution in [3.05, 3.63) is 207 Å². The van der Waals surface area contributed by atoms with Gasteiger partial charge in [-0.05, 0) is 80.4 Å². The predicted molar refractivity (Wildman–Crippen MR) is 192 cm³/mol. The molecule has 0 aromatic heterocycles. The number of rotatable bonds is 3. The van der Waals surface area contributed by atoms with Gasteiger partial charge in [0, 0.05) is 16.5 Å². The summed E-state index contributed by atoms with van der Waals surface area (Å²) in [7, 11) is 0. The van der Waals surface area contributed by atoms with Gasteiger partial charge in [-0.2, -0.15) is 5.26 Å². The molecule has 1 heterocycles. The lowest BCUT2D eigenvalue weighted by Gasteiger charge is -2.46. The van der Waals surface area contributed by atoms with Crippen LogP contribution in [-0.2, 0) is 10.8 Å². The summed E-state index contributed by atoms with van der Waals surface area (Å²) >= 11 is 0. The highest BCUT2D eigenvalue weighted by molar-refractivity contribution is 5.88. The van der Waals surface area contributed by atoms with Gasteiger partial charge >= 0.3 is 0 Å². The molecule has 48 heavy (non-hydrogen) atoms. The van der Waals surface area contributed by atoms with Gasteiger partial charge in [-0.25, -0.2) is 0 Å². The molecule has 6 aromatic rings. The van der Waals surface area contributed by atoms with E-state index in [1.54, 1.807) is 0 Å². The van der Waals surface area contributed by atoms with Crippen LogP contribution in [0.3, 0.4) is 0 Å². The zero-order valence-electron chi connectivity index (χ0n) is 27.1. The van der Waals surface area contributed by atoms with Gasteiger partial charge in [0.05, 0.1) is 23.1 Å². The number of nitriles is 1. The Morgan fingerprint density at radius 2 is 1.17 bits per heavy atom. The van der Waals surface area contributed by atoms with Crippen molar-refractivity contribution in [1.82, 2.24) is 5.32 Å². The fourth-order valence-corrected chi connectivity index (χ4v) is 8.75. The van der Waals surface area contributed by atoms with E-state index in [9.17, 15) is 5.26 Å². The molecule has 230 valence electrons. The summed E-state index contributed by atoms with van der Waals surface area (Å²) < 4.78 is 0. The number of hydrogen-bond donors (Lipinski definition) is 2. The third-order valence-electron chi connectivity index (χ3n) is 11.0. The molecule has 2 unspecified atom stereocenters. The van der Waals surface area contributed by atoms with E-state index in [1.807, 2.05) is 12.1 Å². The van der Waals surface area contributed by atoms with Crippen molar-refractivity contribution in [1.29, 1.82) is 5.26 Å². The van der Waals surface area contributed by atoms with Crippen molar-refractivity contribution in [2.24, 2.45) is 0 Å². The maximum atomic E-state index is 9.44. The third-order valence-corrected chi connectivity index (χ3v) is 11.0. The quantitative estimate of drug-likeness (QED) is 0.209. The first-order valence-electron chi connectivity index (χ1n) is 16.8. The molecule has 0 bridgehead atoms.